The topological polar surface area (TPSA) is 37.8 Å². The molecule has 5 heteroatoms. The van der Waals surface area contributed by atoms with Crippen LogP contribution in [0, 0.1) is 6.92 Å². The Kier molecular flexibility index (Phi) is 3.45. The Hall–Kier alpha value is -0.780. The maximum Gasteiger partial charge on any atom is 0.0800 e. The smallest absolute Gasteiger partial charge is 0.0800 e. The Balaban J connectivity index is 2.32. The third kappa shape index (κ3) is 2.25. The van der Waals surface area contributed by atoms with E-state index < -0.39 is 0 Å². The lowest BCUT2D eigenvalue weighted by molar-refractivity contribution is 0.644. The first-order chi connectivity index (χ1) is 7.33. The van der Waals surface area contributed by atoms with Crippen LogP contribution in [0.15, 0.2) is 17.5 Å². The van der Waals surface area contributed by atoms with Crippen molar-refractivity contribution in [3.63, 3.8) is 0 Å². The van der Waals surface area contributed by atoms with Crippen molar-refractivity contribution in [2.75, 3.05) is 6.54 Å². The summed E-state index contributed by atoms with van der Waals surface area (Å²) in [6.07, 6.45) is 0. The van der Waals surface area contributed by atoms with Crippen LogP contribution in [0.25, 0.3) is 0 Å². The van der Waals surface area contributed by atoms with Crippen molar-refractivity contribution in [2.45, 2.75) is 19.9 Å². The van der Waals surface area contributed by atoms with Crippen LogP contribution in [-0.2, 0) is 0 Å². The summed E-state index contributed by atoms with van der Waals surface area (Å²) in [6, 6.07) is 4.49. The van der Waals surface area contributed by atoms with Gasteiger partial charge in [0.2, 0.25) is 0 Å². The minimum atomic E-state index is 0.259. The van der Waals surface area contributed by atoms with Crippen molar-refractivity contribution in [3.05, 3.63) is 33.0 Å². The van der Waals surface area contributed by atoms with Gasteiger partial charge < -0.3 is 5.32 Å². The number of nitrogens with one attached hydrogen (secondary N) is 1. The molecule has 1 unspecified atom stereocenters. The molecule has 0 saturated carbocycles. The second-order valence-corrected chi connectivity index (χ2v) is 4.99. The third-order valence-electron chi connectivity index (χ3n) is 2.18. The van der Waals surface area contributed by atoms with Crippen LogP contribution in [0.1, 0.15) is 28.4 Å². The average Bonchev–Trinajstić information content (AvgIpc) is 2.85. The zero-order valence-corrected chi connectivity index (χ0v) is 10.4. The molecule has 0 amide bonds. The van der Waals surface area contributed by atoms with E-state index in [9.17, 15) is 0 Å². The van der Waals surface area contributed by atoms with E-state index in [0.717, 1.165) is 12.2 Å². The summed E-state index contributed by atoms with van der Waals surface area (Å²) in [5.41, 5.74) is 1.03. The monoisotopic (exact) mass is 239 g/mol. The lowest BCUT2D eigenvalue weighted by atomic mass is 10.2. The standard InChI is InChI=1S/C10H13N3S2/c1-3-11-9(8-5-4-6-14-8)10-7(2)12-13-15-10/h4-6,9,11H,3H2,1-2H3. The number of hydrogen-bond acceptors (Lipinski definition) is 5. The number of hydrogen-bond donors (Lipinski definition) is 1. The van der Waals surface area contributed by atoms with Crippen molar-refractivity contribution in [1.82, 2.24) is 14.9 Å². The van der Waals surface area contributed by atoms with Gasteiger partial charge >= 0.3 is 0 Å². The summed E-state index contributed by atoms with van der Waals surface area (Å²) in [7, 11) is 0. The van der Waals surface area contributed by atoms with Crippen LogP contribution in [0.5, 0.6) is 0 Å². The van der Waals surface area contributed by atoms with E-state index in [0.29, 0.717) is 0 Å². The highest BCUT2D eigenvalue weighted by Crippen LogP contribution is 2.29. The molecule has 2 aromatic heterocycles. The molecule has 0 aliphatic carbocycles. The van der Waals surface area contributed by atoms with Crippen LogP contribution >= 0.6 is 22.9 Å². The molecule has 2 heterocycles. The largest absolute Gasteiger partial charge is 0.305 e. The number of aromatic nitrogens is 2. The van der Waals surface area contributed by atoms with E-state index in [4.69, 9.17) is 0 Å². The Bertz CT molecular complexity index is 408. The van der Waals surface area contributed by atoms with Gasteiger partial charge in [0.1, 0.15) is 0 Å². The lowest BCUT2D eigenvalue weighted by Crippen LogP contribution is -2.20. The van der Waals surface area contributed by atoms with Gasteiger partial charge in [-0.3, -0.25) is 0 Å². The molecule has 1 N–H and O–H groups in total. The number of thiophene rings is 1. The highest BCUT2D eigenvalue weighted by molar-refractivity contribution is 7.10. The van der Waals surface area contributed by atoms with Gasteiger partial charge in [0.25, 0.3) is 0 Å². The molecule has 80 valence electrons. The predicted molar refractivity (Wildman–Crippen MR) is 64.5 cm³/mol. The number of rotatable bonds is 4. The van der Waals surface area contributed by atoms with Gasteiger partial charge in [-0.15, -0.1) is 16.4 Å². The van der Waals surface area contributed by atoms with Crippen molar-refractivity contribution in [3.8, 4) is 0 Å². The Morgan fingerprint density at radius 3 is 2.93 bits per heavy atom. The summed E-state index contributed by atoms with van der Waals surface area (Å²) >= 11 is 3.25. The lowest BCUT2D eigenvalue weighted by Gasteiger charge is -2.14. The predicted octanol–water partition coefficient (Wildman–Crippen LogP) is 2.61. The summed E-state index contributed by atoms with van der Waals surface area (Å²) in [6.45, 7) is 5.07. The fraction of sp³-hybridized carbons (Fsp3) is 0.400. The second kappa shape index (κ2) is 4.83. The van der Waals surface area contributed by atoms with Gasteiger partial charge in [-0.05, 0) is 36.4 Å². The van der Waals surface area contributed by atoms with Gasteiger partial charge in [-0.25, -0.2) is 0 Å². The van der Waals surface area contributed by atoms with E-state index in [1.165, 1.54) is 21.3 Å². The minimum absolute atomic E-state index is 0.259. The number of aryl methyl sites for hydroxylation is 1. The quantitative estimate of drug-likeness (QED) is 0.891. The molecule has 0 aliphatic rings. The van der Waals surface area contributed by atoms with E-state index in [1.54, 1.807) is 11.3 Å². The fourth-order valence-electron chi connectivity index (χ4n) is 1.48. The van der Waals surface area contributed by atoms with Gasteiger partial charge in [0.15, 0.2) is 0 Å². The molecular formula is C10H13N3S2. The van der Waals surface area contributed by atoms with E-state index >= 15 is 0 Å². The first kappa shape index (κ1) is 10.7. The molecule has 0 bridgehead atoms. The zero-order chi connectivity index (χ0) is 10.7. The summed E-state index contributed by atoms with van der Waals surface area (Å²) < 4.78 is 3.99. The summed E-state index contributed by atoms with van der Waals surface area (Å²) in [5, 5.41) is 9.63. The second-order valence-electron chi connectivity index (χ2n) is 3.23. The molecular weight excluding hydrogens is 226 g/mol. The molecule has 15 heavy (non-hydrogen) atoms. The van der Waals surface area contributed by atoms with Crippen molar-refractivity contribution in [1.29, 1.82) is 0 Å². The SMILES string of the molecule is CCNC(c1cccs1)c1snnc1C. The van der Waals surface area contributed by atoms with Crippen molar-refractivity contribution < 1.29 is 0 Å². The molecule has 0 aromatic carbocycles. The summed E-state index contributed by atoms with van der Waals surface area (Å²) in [4.78, 5) is 2.55. The average molecular weight is 239 g/mol. The molecule has 0 aliphatic heterocycles. The normalized spacial score (nSPS) is 12.9. The molecule has 0 saturated heterocycles. The van der Waals surface area contributed by atoms with E-state index in [-0.39, 0.29) is 6.04 Å². The van der Waals surface area contributed by atoms with Crippen molar-refractivity contribution >= 4 is 22.9 Å². The first-order valence-corrected chi connectivity index (χ1v) is 6.54. The molecule has 2 aromatic rings. The first-order valence-electron chi connectivity index (χ1n) is 4.88. The van der Waals surface area contributed by atoms with Crippen molar-refractivity contribution in [2.24, 2.45) is 0 Å². The molecule has 3 nitrogen and oxygen atoms in total. The molecule has 2 rings (SSSR count). The van der Waals surface area contributed by atoms with Gasteiger partial charge in [0.05, 0.1) is 16.6 Å². The maximum atomic E-state index is 4.06. The van der Waals surface area contributed by atoms with Crippen LogP contribution in [-0.4, -0.2) is 16.1 Å². The maximum absolute atomic E-state index is 4.06. The molecule has 0 fully saturated rings. The Morgan fingerprint density at radius 2 is 2.40 bits per heavy atom. The molecule has 0 spiro atoms. The van der Waals surface area contributed by atoms with Gasteiger partial charge in [-0.1, -0.05) is 17.5 Å². The highest BCUT2D eigenvalue weighted by atomic mass is 32.1. The van der Waals surface area contributed by atoms with E-state index in [2.05, 4.69) is 39.3 Å². The minimum Gasteiger partial charge on any atom is -0.305 e. The zero-order valence-electron chi connectivity index (χ0n) is 8.73. The van der Waals surface area contributed by atoms with Crippen LogP contribution in [0.3, 0.4) is 0 Å². The summed E-state index contributed by atoms with van der Waals surface area (Å²) in [5.74, 6) is 0. The fourth-order valence-corrected chi connectivity index (χ4v) is 3.11. The Morgan fingerprint density at radius 1 is 1.53 bits per heavy atom. The van der Waals surface area contributed by atoms with Gasteiger partial charge in [0, 0.05) is 4.88 Å². The Labute approximate surface area is 97.3 Å². The van der Waals surface area contributed by atoms with Crippen LogP contribution < -0.4 is 5.32 Å². The molecule has 1 atom stereocenters. The van der Waals surface area contributed by atoms with Crippen LogP contribution in [0.2, 0.25) is 0 Å². The highest BCUT2D eigenvalue weighted by Gasteiger charge is 2.18. The number of nitrogens with zero attached hydrogens (tertiary/aromatic N) is 2. The third-order valence-corrected chi connectivity index (χ3v) is 4.01. The van der Waals surface area contributed by atoms with Gasteiger partial charge in [-0.2, -0.15) is 0 Å². The van der Waals surface area contributed by atoms with Crippen LogP contribution in [0.4, 0.5) is 0 Å². The molecule has 0 radical (unpaired) electrons. The van der Waals surface area contributed by atoms with E-state index in [1.807, 2.05) is 6.92 Å².